The van der Waals surface area contributed by atoms with Crippen LogP contribution in [0.2, 0.25) is 0 Å². The fourth-order valence-electron chi connectivity index (χ4n) is 2.60. The Kier molecular flexibility index (Phi) is 3.72. The summed E-state index contributed by atoms with van der Waals surface area (Å²) >= 11 is 1.48. The second-order valence-electron chi connectivity index (χ2n) is 6.34. The summed E-state index contributed by atoms with van der Waals surface area (Å²) in [7, 11) is 0. The van der Waals surface area contributed by atoms with Crippen molar-refractivity contribution in [2.24, 2.45) is 0 Å². The van der Waals surface area contributed by atoms with Crippen LogP contribution in [0.1, 0.15) is 35.5 Å². The van der Waals surface area contributed by atoms with Crippen LogP contribution < -0.4 is 10.6 Å². The molecule has 23 heavy (non-hydrogen) atoms. The highest BCUT2D eigenvalue weighted by molar-refractivity contribution is 7.15. The molecule has 0 saturated carbocycles. The summed E-state index contributed by atoms with van der Waals surface area (Å²) in [4.78, 5) is 29.6. The zero-order valence-electron chi connectivity index (χ0n) is 13.6. The van der Waals surface area contributed by atoms with Gasteiger partial charge in [0.1, 0.15) is 0 Å². The Morgan fingerprint density at radius 3 is 2.74 bits per heavy atom. The van der Waals surface area contributed by atoms with Crippen LogP contribution in [-0.2, 0) is 21.4 Å². The van der Waals surface area contributed by atoms with Crippen molar-refractivity contribution in [1.82, 2.24) is 4.98 Å². The molecule has 2 amide bonds. The minimum absolute atomic E-state index is 0.0113. The molecule has 0 saturated heterocycles. The first kappa shape index (κ1) is 15.7. The van der Waals surface area contributed by atoms with Crippen LogP contribution in [0.5, 0.6) is 0 Å². The van der Waals surface area contributed by atoms with Crippen molar-refractivity contribution in [3.8, 4) is 0 Å². The smallest absolute Gasteiger partial charge is 0.234 e. The molecule has 0 bridgehead atoms. The highest BCUT2D eigenvalue weighted by atomic mass is 32.1. The Morgan fingerprint density at radius 1 is 1.35 bits per heavy atom. The number of fused-ring (bicyclic) bond motifs is 1. The van der Waals surface area contributed by atoms with Crippen LogP contribution in [0.15, 0.2) is 18.2 Å². The Labute approximate surface area is 139 Å². The van der Waals surface area contributed by atoms with E-state index in [4.69, 9.17) is 0 Å². The summed E-state index contributed by atoms with van der Waals surface area (Å²) in [5.41, 5.74) is 3.03. The van der Waals surface area contributed by atoms with Gasteiger partial charge in [-0.25, -0.2) is 4.98 Å². The van der Waals surface area contributed by atoms with Crippen molar-refractivity contribution in [3.05, 3.63) is 39.9 Å². The van der Waals surface area contributed by atoms with E-state index >= 15 is 0 Å². The molecule has 1 aliphatic heterocycles. The number of nitrogens with one attached hydrogen (secondary N) is 2. The number of benzene rings is 1. The molecule has 0 radical (unpaired) electrons. The predicted molar refractivity (Wildman–Crippen MR) is 92.0 cm³/mol. The van der Waals surface area contributed by atoms with E-state index in [1.165, 1.54) is 11.3 Å². The third kappa shape index (κ3) is 2.86. The number of aromatic nitrogens is 1. The summed E-state index contributed by atoms with van der Waals surface area (Å²) in [5, 5.41) is 6.33. The van der Waals surface area contributed by atoms with Gasteiger partial charge >= 0.3 is 0 Å². The van der Waals surface area contributed by atoms with Gasteiger partial charge in [0.25, 0.3) is 0 Å². The van der Waals surface area contributed by atoms with E-state index in [0.717, 1.165) is 27.4 Å². The molecule has 6 heteroatoms. The highest BCUT2D eigenvalue weighted by Gasteiger charge is 2.38. The van der Waals surface area contributed by atoms with Crippen LogP contribution in [0.25, 0.3) is 0 Å². The van der Waals surface area contributed by atoms with E-state index in [-0.39, 0.29) is 18.2 Å². The average Bonchev–Trinajstić information content (AvgIpc) is 2.88. The summed E-state index contributed by atoms with van der Waals surface area (Å²) in [6.07, 6.45) is 0.259. The fourth-order valence-corrected chi connectivity index (χ4v) is 3.43. The van der Waals surface area contributed by atoms with E-state index < -0.39 is 5.41 Å². The van der Waals surface area contributed by atoms with Gasteiger partial charge in [0.05, 0.1) is 17.5 Å². The molecular weight excluding hydrogens is 310 g/mol. The lowest BCUT2D eigenvalue weighted by atomic mass is 9.85. The maximum absolute atomic E-state index is 12.2. The molecule has 2 heterocycles. The van der Waals surface area contributed by atoms with Crippen LogP contribution in [0.4, 0.5) is 10.8 Å². The summed E-state index contributed by atoms with van der Waals surface area (Å²) in [6.45, 7) is 7.68. The van der Waals surface area contributed by atoms with Crippen molar-refractivity contribution in [3.63, 3.8) is 0 Å². The topological polar surface area (TPSA) is 71.1 Å². The third-order valence-electron chi connectivity index (χ3n) is 4.21. The molecule has 1 aliphatic rings. The summed E-state index contributed by atoms with van der Waals surface area (Å²) in [5.74, 6) is -0.114. The number of anilines is 2. The molecule has 0 spiro atoms. The van der Waals surface area contributed by atoms with Gasteiger partial charge in [0.2, 0.25) is 11.8 Å². The second-order valence-corrected chi connectivity index (χ2v) is 7.55. The number of aryl methyl sites for hydroxylation is 2. The third-order valence-corrected chi connectivity index (χ3v) is 5.20. The number of carbonyl (C=O) groups is 2. The summed E-state index contributed by atoms with van der Waals surface area (Å²) < 4.78 is 0. The molecule has 120 valence electrons. The number of thiazole rings is 1. The first-order chi connectivity index (χ1) is 10.8. The monoisotopic (exact) mass is 329 g/mol. The van der Waals surface area contributed by atoms with Crippen LogP contribution >= 0.6 is 11.3 Å². The van der Waals surface area contributed by atoms with Gasteiger partial charge in [-0.3, -0.25) is 9.59 Å². The highest BCUT2D eigenvalue weighted by Crippen LogP contribution is 2.37. The number of carbonyl (C=O) groups excluding carboxylic acids is 2. The Balaban J connectivity index is 1.75. The largest absolute Gasteiger partial charge is 0.325 e. The minimum atomic E-state index is -0.564. The number of hydrogen-bond donors (Lipinski definition) is 2. The molecule has 2 aromatic rings. The standard InChI is InChI=1S/C17H19N3O2S/c1-9-10(2)23-16(18-9)20-14(21)8-11-5-6-13-12(7-11)17(3,4)15(22)19-13/h5-7H,8H2,1-4H3,(H,19,22)(H,18,20,21). The van der Waals surface area contributed by atoms with Gasteiger partial charge in [0, 0.05) is 10.6 Å². The van der Waals surface area contributed by atoms with E-state index in [1.807, 2.05) is 45.9 Å². The van der Waals surface area contributed by atoms with E-state index in [2.05, 4.69) is 15.6 Å². The maximum atomic E-state index is 12.2. The zero-order valence-corrected chi connectivity index (χ0v) is 14.4. The van der Waals surface area contributed by atoms with E-state index in [1.54, 1.807) is 0 Å². The van der Waals surface area contributed by atoms with E-state index in [0.29, 0.717) is 5.13 Å². The molecule has 2 N–H and O–H groups in total. The van der Waals surface area contributed by atoms with Crippen LogP contribution in [-0.4, -0.2) is 16.8 Å². The molecule has 0 fully saturated rings. The zero-order chi connectivity index (χ0) is 16.8. The molecular formula is C17H19N3O2S. The lowest BCUT2D eigenvalue weighted by Crippen LogP contribution is -2.27. The van der Waals surface area contributed by atoms with Crippen molar-refractivity contribution in [1.29, 1.82) is 0 Å². The van der Waals surface area contributed by atoms with Crippen molar-refractivity contribution in [2.75, 3.05) is 10.6 Å². The normalized spacial score (nSPS) is 15.2. The van der Waals surface area contributed by atoms with Crippen molar-refractivity contribution in [2.45, 2.75) is 39.5 Å². The first-order valence-electron chi connectivity index (χ1n) is 7.46. The minimum Gasteiger partial charge on any atom is -0.325 e. The average molecular weight is 329 g/mol. The van der Waals surface area contributed by atoms with Crippen molar-refractivity contribution < 1.29 is 9.59 Å². The summed E-state index contributed by atoms with van der Waals surface area (Å²) in [6, 6.07) is 5.67. The molecule has 0 atom stereocenters. The molecule has 0 unspecified atom stereocenters. The van der Waals surface area contributed by atoms with Crippen LogP contribution in [0, 0.1) is 13.8 Å². The SMILES string of the molecule is Cc1nc(NC(=O)Cc2ccc3c(c2)C(C)(C)C(=O)N3)sc1C. The van der Waals surface area contributed by atoms with Gasteiger partial charge in [-0.15, -0.1) is 11.3 Å². The lowest BCUT2D eigenvalue weighted by Gasteiger charge is -2.15. The Hall–Kier alpha value is -2.21. The number of hydrogen-bond acceptors (Lipinski definition) is 4. The first-order valence-corrected chi connectivity index (χ1v) is 8.28. The number of rotatable bonds is 3. The Bertz CT molecular complexity index is 789. The fraction of sp³-hybridized carbons (Fsp3) is 0.353. The number of amides is 2. The van der Waals surface area contributed by atoms with Gasteiger partial charge in [-0.05, 0) is 44.9 Å². The molecule has 3 rings (SSSR count). The van der Waals surface area contributed by atoms with Gasteiger partial charge in [-0.1, -0.05) is 12.1 Å². The quantitative estimate of drug-likeness (QED) is 0.908. The Morgan fingerprint density at radius 2 is 2.09 bits per heavy atom. The maximum Gasteiger partial charge on any atom is 0.234 e. The lowest BCUT2D eigenvalue weighted by molar-refractivity contribution is -0.119. The molecule has 5 nitrogen and oxygen atoms in total. The molecule has 0 aliphatic carbocycles. The molecule has 1 aromatic heterocycles. The number of nitrogens with zero attached hydrogens (tertiary/aromatic N) is 1. The van der Waals surface area contributed by atoms with Crippen molar-refractivity contribution >= 4 is 34.0 Å². The second kappa shape index (κ2) is 5.45. The van der Waals surface area contributed by atoms with Gasteiger partial charge in [-0.2, -0.15) is 0 Å². The molecule has 1 aromatic carbocycles. The van der Waals surface area contributed by atoms with Gasteiger partial charge in [0.15, 0.2) is 5.13 Å². The predicted octanol–water partition coefficient (Wildman–Crippen LogP) is 3.17. The van der Waals surface area contributed by atoms with Gasteiger partial charge < -0.3 is 10.6 Å². The van der Waals surface area contributed by atoms with E-state index in [9.17, 15) is 9.59 Å². The van der Waals surface area contributed by atoms with Crippen LogP contribution in [0.3, 0.4) is 0 Å².